The third-order valence-corrected chi connectivity index (χ3v) is 9.42. The summed E-state index contributed by atoms with van der Waals surface area (Å²) in [7, 11) is 0. The normalized spacial score (nSPS) is 35.7. The summed E-state index contributed by atoms with van der Waals surface area (Å²) in [5.74, 6) is -0.402. The molecule has 0 bridgehead atoms. The van der Waals surface area contributed by atoms with Crippen LogP contribution >= 0.6 is 0 Å². The first-order valence-corrected chi connectivity index (χ1v) is 17.9. The summed E-state index contributed by atoms with van der Waals surface area (Å²) in [6.45, 7) is 0.0421. The van der Waals surface area contributed by atoms with Gasteiger partial charge in [0.2, 0.25) is 0 Å². The molecule has 3 aliphatic heterocycles. The minimum atomic E-state index is -1.85. The lowest BCUT2D eigenvalue weighted by Crippen LogP contribution is -2.66. The van der Waals surface area contributed by atoms with Crippen molar-refractivity contribution in [3.63, 3.8) is 0 Å². The van der Waals surface area contributed by atoms with Crippen LogP contribution in [0.1, 0.15) is 58.3 Å². The molecule has 306 valence electrons. The zero-order valence-electron chi connectivity index (χ0n) is 29.7. The van der Waals surface area contributed by atoms with E-state index in [0.717, 1.165) is 0 Å². The molecule has 3 fully saturated rings. The maximum atomic E-state index is 12.5. The summed E-state index contributed by atoms with van der Waals surface area (Å²) >= 11 is 0. The largest absolute Gasteiger partial charge is 0.427 e. The number of rotatable bonds is 19. The first-order chi connectivity index (χ1) is 25.7. The zero-order valence-corrected chi connectivity index (χ0v) is 29.7. The molecule has 20 nitrogen and oxygen atoms in total. The molecule has 1 aromatic rings. The smallest absolute Gasteiger partial charge is 0.311 e. The van der Waals surface area contributed by atoms with E-state index in [1.54, 1.807) is 0 Å². The molecule has 14 atom stereocenters. The van der Waals surface area contributed by atoms with E-state index in [1.807, 2.05) is 0 Å². The fraction of sp³-hybridized carbons (Fsp3) is 0.765. The lowest BCUT2D eigenvalue weighted by molar-refractivity contribution is -0.384. The Morgan fingerprint density at radius 3 is 2.00 bits per heavy atom. The number of aliphatic hydroxyl groups excluding tert-OH is 8. The molecule has 0 spiro atoms. The summed E-state index contributed by atoms with van der Waals surface area (Å²) in [6, 6.07) is 5.10. The van der Waals surface area contributed by atoms with Crippen molar-refractivity contribution >= 4 is 17.4 Å². The topological polar surface area (TPSA) is 304 Å². The van der Waals surface area contributed by atoms with Crippen molar-refractivity contribution < 1.29 is 88.5 Å². The summed E-state index contributed by atoms with van der Waals surface area (Å²) in [4.78, 5) is 34.8. The van der Waals surface area contributed by atoms with Gasteiger partial charge in [0, 0.05) is 44.4 Å². The Morgan fingerprint density at radius 2 is 1.37 bits per heavy atom. The van der Waals surface area contributed by atoms with Crippen molar-refractivity contribution in [1.82, 2.24) is 0 Å². The van der Waals surface area contributed by atoms with Gasteiger partial charge in [-0.1, -0.05) is 0 Å². The number of ketones is 1. The Morgan fingerprint density at radius 1 is 0.759 bits per heavy atom. The molecule has 8 N–H and O–H groups in total. The molecule has 1 aromatic carbocycles. The third-order valence-electron chi connectivity index (χ3n) is 9.42. The van der Waals surface area contributed by atoms with Gasteiger partial charge in [-0.3, -0.25) is 19.7 Å². The van der Waals surface area contributed by atoms with Gasteiger partial charge < -0.3 is 74.0 Å². The number of Topliss-reactive ketones (excluding diaryl/α,β-unsaturated/α-hetero) is 1. The number of hydrogen-bond donors (Lipinski definition) is 8. The molecule has 0 radical (unpaired) electrons. The molecule has 0 amide bonds. The van der Waals surface area contributed by atoms with Crippen LogP contribution in [0.15, 0.2) is 24.3 Å². The Bertz CT molecular complexity index is 1320. The number of non-ortho nitro benzene ring substituents is 1. The predicted molar refractivity (Wildman–Crippen MR) is 178 cm³/mol. The SMILES string of the molecule is CC1O[C@@H](OC2[C@H](OCCCCC(=O)CCCCC(=O)Oc3ccc([N+](=O)[O-])cc3)OC(CO)[C@H](O)[C@@H]2O[C@@H]2OC(CO)[C@H](O)[C@H](O)C2O)C[C@H](O)[C@H]1O. The quantitative estimate of drug-likeness (QED) is 0.0256. The van der Waals surface area contributed by atoms with Crippen molar-refractivity contribution in [2.24, 2.45) is 0 Å². The van der Waals surface area contributed by atoms with Crippen LogP contribution in [0.5, 0.6) is 5.75 Å². The average Bonchev–Trinajstić information content (AvgIpc) is 3.14. The van der Waals surface area contributed by atoms with E-state index in [1.165, 1.54) is 31.2 Å². The van der Waals surface area contributed by atoms with Crippen LogP contribution in [-0.2, 0) is 38.0 Å². The van der Waals surface area contributed by atoms with Gasteiger partial charge in [-0.15, -0.1) is 0 Å². The van der Waals surface area contributed by atoms with Gasteiger partial charge in [0.1, 0.15) is 66.5 Å². The minimum Gasteiger partial charge on any atom is -0.427 e. The van der Waals surface area contributed by atoms with Crippen molar-refractivity contribution in [3.05, 3.63) is 34.4 Å². The average molecular weight is 778 g/mol. The van der Waals surface area contributed by atoms with Crippen LogP contribution in [-0.4, -0.2) is 163 Å². The van der Waals surface area contributed by atoms with Crippen LogP contribution in [0.4, 0.5) is 5.69 Å². The van der Waals surface area contributed by atoms with Gasteiger partial charge in [0.15, 0.2) is 18.9 Å². The van der Waals surface area contributed by atoms with Crippen LogP contribution in [0.2, 0.25) is 0 Å². The van der Waals surface area contributed by atoms with Crippen molar-refractivity contribution in [2.75, 3.05) is 19.8 Å². The van der Waals surface area contributed by atoms with E-state index in [4.69, 9.17) is 33.2 Å². The fourth-order valence-corrected chi connectivity index (χ4v) is 6.26. The number of carbonyl (C=O) groups is 2. The van der Waals surface area contributed by atoms with E-state index in [9.17, 15) is 60.6 Å². The summed E-state index contributed by atoms with van der Waals surface area (Å²) < 4.78 is 40.1. The molecule has 4 rings (SSSR count). The molecule has 0 saturated carbocycles. The lowest BCUT2D eigenvalue weighted by Gasteiger charge is -2.48. The van der Waals surface area contributed by atoms with Gasteiger partial charge in [0.25, 0.3) is 5.69 Å². The number of carbonyl (C=O) groups excluding carboxylic acids is 2. The number of nitro groups is 1. The maximum Gasteiger partial charge on any atom is 0.311 e. The van der Waals surface area contributed by atoms with Gasteiger partial charge in [-0.25, -0.2) is 0 Å². The predicted octanol–water partition coefficient (Wildman–Crippen LogP) is -1.68. The Hall–Kier alpha value is -2.80. The highest BCUT2D eigenvalue weighted by molar-refractivity contribution is 5.78. The monoisotopic (exact) mass is 777 g/mol. The highest BCUT2D eigenvalue weighted by Gasteiger charge is 2.53. The first kappa shape index (κ1) is 43.9. The minimum absolute atomic E-state index is 0.00341. The number of ether oxygens (including phenoxy) is 7. The number of nitrogens with zero attached hydrogens (tertiary/aromatic N) is 1. The molecule has 0 aromatic heterocycles. The first-order valence-electron chi connectivity index (χ1n) is 17.9. The zero-order chi connectivity index (χ0) is 39.5. The molecular formula is C34H51NO19. The molecule has 3 aliphatic rings. The fourth-order valence-electron chi connectivity index (χ4n) is 6.26. The number of esters is 1. The van der Waals surface area contributed by atoms with E-state index >= 15 is 0 Å². The van der Waals surface area contributed by atoms with Crippen molar-refractivity contribution in [3.8, 4) is 5.75 Å². The Balaban J connectivity index is 1.29. The molecule has 54 heavy (non-hydrogen) atoms. The van der Waals surface area contributed by atoms with Crippen molar-refractivity contribution in [2.45, 2.75) is 144 Å². The second kappa shape index (κ2) is 20.9. The number of aliphatic hydroxyl groups is 8. The van der Waals surface area contributed by atoms with E-state index in [2.05, 4.69) is 0 Å². The highest BCUT2D eigenvalue weighted by atomic mass is 16.8. The summed E-state index contributed by atoms with van der Waals surface area (Å²) in [6.07, 6.45) is -18.2. The maximum absolute atomic E-state index is 12.5. The highest BCUT2D eigenvalue weighted by Crippen LogP contribution is 2.34. The number of benzene rings is 1. The van der Waals surface area contributed by atoms with E-state index < -0.39 is 110 Å². The third kappa shape index (κ3) is 11.9. The van der Waals surface area contributed by atoms with Gasteiger partial charge in [-0.2, -0.15) is 0 Å². The van der Waals surface area contributed by atoms with Gasteiger partial charge in [0.05, 0.1) is 30.3 Å². The second-order valence-electron chi connectivity index (χ2n) is 13.5. The standard InChI is InChI=1S/C34H51NO19/c1-17-26(41)21(39)14-25(49-17)53-32-31(54-33-30(45)29(44)27(42)22(15-36)51-33)28(43)23(16-37)52-34(32)48-13-5-4-7-19(38)6-2-3-8-24(40)50-20-11-9-18(10-12-20)35(46)47/h9-12,17,21-23,25-34,36-37,39,41-45H,2-8,13-16H2,1H3/t17?,21-,22?,23?,25-,26-,27-,28-,29-,30?,31-,32?,33-,34+/m0/s1. The number of hydrogen-bond acceptors (Lipinski definition) is 19. The molecule has 3 heterocycles. The van der Waals surface area contributed by atoms with Crippen molar-refractivity contribution in [1.29, 1.82) is 0 Å². The molecular weight excluding hydrogens is 726 g/mol. The van der Waals surface area contributed by atoms with E-state index in [0.29, 0.717) is 25.7 Å². The van der Waals surface area contributed by atoms with Crippen LogP contribution in [0, 0.1) is 10.1 Å². The van der Waals surface area contributed by atoms with Crippen LogP contribution in [0.25, 0.3) is 0 Å². The second-order valence-corrected chi connectivity index (χ2v) is 13.5. The summed E-state index contributed by atoms with van der Waals surface area (Å²) in [5.41, 5.74) is -0.132. The molecule has 5 unspecified atom stereocenters. The lowest BCUT2D eigenvalue weighted by atomic mass is 9.96. The Labute approximate surface area is 310 Å². The molecule has 3 saturated heterocycles. The molecule has 0 aliphatic carbocycles. The molecule has 20 heteroatoms. The summed E-state index contributed by atoms with van der Waals surface area (Å²) in [5, 5.41) is 93.2. The number of unbranched alkanes of at least 4 members (excludes halogenated alkanes) is 2. The van der Waals surface area contributed by atoms with E-state index in [-0.39, 0.29) is 49.5 Å². The van der Waals surface area contributed by atoms with Crippen LogP contribution in [0.3, 0.4) is 0 Å². The van der Waals surface area contributed by atoms with Gasteiger partial charge >= 0.3 is 5.97 Å². The number of nitro benzene ring substituents is 1. The van der Waals surface area contributed by atoms with Gasteiger partial charge in [-0.05, 0) is 44.7 Å². The Kier molecular flexibility index (Phi) is 17.0. The van der Waals surface area contributed by atoms with Crippen LogP contribution < -0.4 is 4.74 Å².